The van der Waals surface area contributed by atoms with E-state index in [1.807, 2.05) is 11.1 Å². The van der Waals surface area contributed by atoms with Crippen LogP contribution in [0.15, 0.2) is 29.4 Å². The van der Waals surface area contributed by atoms with Gasteiger partial charge in [-0.25, -0.2) is 0 Å². The summed E-state index contributed by atoms with van der Waals surface area (Å²) < 4.78 is 0. The van der Waals surface area contributed by atoms with Gasteiger partial charge in [0.15, 0.2) is 0 Å². The van der Waals surface area contributed by atoms with Crippen LogP contribution in [0.2, 0.25) is 0 Å². The average molecular weight is 261 g/mol. The molecule has 0 aliphatic carbocycles. The molecule has 0 saturated heterocycles. The molecule has 94 valence electrons. The van der Waals surface area contributed by atoms with Crippen molar-refractivity contribution < 1.29 is 4.79 Å². The molecule has 0 radical (unpaired) electrons. The molecule has 0 N–H and O–H groups in total. The Balaban J connectivity index is 1.98. The normalized spacial score (nSPS) is 19.7. The SMILES string of the molecule is O=C1SCC=NN1N1CCCCc2ccccc21. The van der Waals surface area contributed by atoms with Crippen molar-refractivity contribution in [2.45, 2.75) is 19.3 Å². The predicted molar refractivity (Wildman–Crippen MR) is 74.9 cm³/mol. The molecule has 4 nitrogen and oxygen atoms in total. The van der Waals surface area contributed by atoms with Crippen molar-refractivity contribution in [1.29, 1.82) is 0 Å². The summed E-state index contributed by atoms with van der Waals surface area (Å²) in [6.45, 7) is 0.848. The van der Waals surface area contributed by atoms with E-state index in [0.29, 0.717) is 5.75 Å². The van der Waals surface area contributed by atoms with Crippen molar-refractivity contribution in [3.05, 3.63) is 29.8 Å². The van der Waals surface area contributed by atoms with E-state index in [1.165, 1.54) is 22.4 Å². The van der Waals surface area contributed by atoms with Gasteiger partial charge in [-0.1, -0.05) is 30.0 Å². The van der Waals surface area contributed by atoms with E-state index in [-0.39, 0.29) is 5.24 Å². The summed E-state index contributed by atoms with van der Waals surface area (Å²) in [6.07, 6.45) is 5.11. The number of hydrazine groups is 1. The highest BCUT2D eigenvalue weighted by Gasteiger charge is 2.26. The van der Waals surface area contributed by atoms with Gasteiger partial charge >= 0.3 is 5.24 Å². The fourth-order valence-electron chi connectivity index (χ4n) is 2.35. The third-order valence-electron chi connectivity index (χ3n) is 3.20. The fraction of sp³-hybridized carbons (Fsp3) is 0.385. The molecule has 0 unspecified atom stereocenters. The summed E-state index contributed by atoms with van der Waals surface area (Å²) >= 11 is 1.30. The zero-order valence-corrected chi connectivity index (χ0v) is 10.9. The first-order valence-corrected chi connectivity index (χ1v) is 7.19. The molecular weight excluding hydrogens is 246 g/mol. The largest absolute Gasteiger partial charge is 0.321 e. The first-order valence-electron chi connectivity index (χ1n) is 6.21. The highest BCUT2D eigenvalue weighted by Crippen LogP contribution is 2.29. The number of rotatable bonds is 1. The van der Waals surface area contributed by atoms with Crippen molar-refractivity contribution in [2.75, 3.05) is 17.3 Å². The van der Waals surface area contributed by atoms with E-state index in [2.05, 4.69) is 23.3 Å². The van der Waals surface area contributed by atoms with Gasteiger partial charge in [0.1, 0.15) is 0 Å². The maximum absolute atomic E-state index is 11.9. The minimum absolute atomic E-state index is 0.00852. The Bertz CT molecular complexity index is 489. The molecule has 0 spiro atoms. The van der Waals surface area contributed by atoms with Crippen LogP contribution in [0.25, 0.3) is 0 Å². The van der Waals surface area contributed by atoms with Crippen molar-refractivity contribution >= 4 is 28.9 Å². The molecule has 2 heterocycles. The van der Waals surface area contributed by atoms with Crippen LogP contribution < -0.4 is 5.01 Å². The molecule has 18 heavy (non-hydrogen) atoms. The van der Waals surface area contributed by atoms with E-state index < -0.39 is 0 Å². The molecule has 0 aromatic heterocycles. The van der Waals surface area contributed by atoms with Gasteiger partial charge < -0.3 is 0 Å². The summed E-state index contributed by atoms with van der Waals surface area (Å²) in [6, 6.07) is 8.28. The number of para-hydroxylation sites is 1. The fourth-order valence-corrected chi connectivity index (χ4v) is 2.90. The Kier molecular flexibility index (Phi) is 3.23. The molecule has 0 saturated carbocycles. The monoisotopic (exact) mass is 261 g/mol. The van der Waals surface area contributed by atoms with E-state index in [0.717, 1.165) is 31.5 Å². The third-order valence-corrected chi connectivity index (χ3v) is 3.93. The van der Waals surface area contributed by atoms with Gasteiger partial charge in [-0.05, 0) is 30.9 Å². The minimum atomic E-state index is 0.00852. The molecule has 0 bridgehead atoms. The lowest BCUT2D eigenvalue weighted by Crippen LogP contribution is -2.43. The minimum Gasteiger partial charge on any atom is -0.261 e. The van der Waals surface area contributed by atoms with Crippen molar-refractivity contribution in [3.63, 3.8) is 0 Å². The van der Waals surface area contributed by atoms with Crippen LogP contribution >= 0.6 is 11.8 Å². The van der Waals surface area contributed by atoms with Gasteiger partial charge in [0, 0.05) is 18.5 Å². The molecule has 0 atom stereocenters. The number of fused-ring (bicyclic) bond motifs is 1. The summed E-state index contributed by atoms with van der Waals surface area (Å²) in [5, 5.41) is 7.77. The number of hydrazone groups is 1. The van der Waals surface area contributed by atoms with Gasteiger partial charge in [0.25, 0.3) is 0 Å². The second-order valence-corrected chi connectivity index (χ2v) is 5.34. The molecule has 5 heteroatoms. The molecule has 3 rings (SSSR count). The van der Waals surface area contributed by atoms with E-state index in [9.17, 15) is 4.79 Å². The predicted octanol–water partition coefficient (Wildman–Crippen LogP) is 2.90. The highest BCUT2D eigenvalue weighted by molar-refractivity contribution is 8.14. The molecule has 1 aromatic rings. The zero-order valence-electron chi connectivity index (χ0n) is 10.1. The average Bonchev–Trinajstić information content (AvgIpc) is 2.62. The van der Waals surface area contributed by atoms with Crippen molar-refractivity contribution in [1.82, 2.24) is 5.12 Å². The smallest absolute Gasteiger partial charge is 0.261 e. The second-order valence-electron chi connectivity index (χ2n) is 4.37. The lowest BCUT2D eigenvalue weighted by atomic mass is 10.1. The van der Waals surface area contributed by atoms with Crippen LogP contribution in [0.5, 0.6) is 0 Å². The Labute approximate surface area is 111 Å². The van der Waals surface area contributed by atoms with E-state index >= 15 is 0 Å². The number of hydrogen-bond donors (Lipinski definition) is 0. The van der Waals surface area contributed by atoms with Gasteiger partial charge in [-0.3, -0.25) is 9.80 Å². The first kappa shape index (κ1) is 11.6. The Morgan fingerprint density at radius 1 is 1.22 bits per heavy atom. The molecular formula is C13H15N3OS. The number of thioether (sulfide) groups is 1. The van der Waals surface area contributed by atoms with Gasteiger partial charge in [0.05, 0.1) is 5.69 Å². The molecule has 2 aliphatic heterocycles. The number of amides is 1. The third kappa shape index (κ3) is 2.10. The number of hydrogen-bond acceptors (Lipinski definition) is 4. The van der Waals surface area contributed by atoms with E-state index in [4.69, 9.17) is 0 Å². The number of benzene rings is 1. The molecule has 0 fully saturated rings. The molecule has 2 aliphatic rings. The van der Waals surface area contributed by atoms with Crippen LogP contribution in [0.1, 0.15) is 18.4 Å². The lowest BCUT2D eigenvalue weighted by Gasteiger charge is -2.33. The number of anilines is 1. The molecule has 1 aromatic carbocycles. The van der Waals surface area contributed by atoms with Crippen LogP contribution in [0.4, 0.5) is 10.5 Å². The van der Waals surface area contributed by atoms with Gasteiger partial charge in [-0.15, -0.1) is 5.12 Å². The van der Waals surface area contributed by atoms with Crippen LogP contribution in [0.3, 0.4) is 0 Å². The summed E-state index contributed by atoms with van der Waals surface area (Å²) in [7, 11) is 0. The number of carbonyl (C=O) groups excluding carboxylic acids is 1. The Morgan fingerprint density at radius 3 is 3.00 bits per heavy atom. The lowest BCUT2D eigenvalue weighted by molar-refractivity contribution is 0.219. The van der Waals surface area contributed by atoms with Gasteiger partial charge in [0.2, 0.25) is 0 Å². The summed E-state index contributed by atoms with van der Waals surface area (Å²) in [5.41, 5.74) is 2.41. The number of aryl methyl sites for hydroxylation is 1. The maximum Gasteiger partial charge on any atom is 0.321 e. The zero-order chi connectivity index (χ0) is 12.4. The van der Waals surface area contributed by atoms with Crippen LogP contribution in [-0.4, -0.2) is 28.9 Å². The van der Waals surface area contributed by atoms with Crippen molar-refractivity contribution in [2.24, 2.45) is 5.10 Å². The van der Waals surface area contributed by atoms with Crippen LogP contribution in [0, 0.1) is 0 Å². The summed E-state index contributed by atoms with van der Waals surface area (Å²) in [4.78, 5) is 11.9. The van der Waals surface area contributed by atoms with Crippen molar-refractivity contribution in [3.8, 4) is 0 Å². The van der Waals surface area contributed by atoms with Crippen LogP contribution in [-0.2, 0) is 6.42 Å². The summed E-state index contributed by atoms with van der Waals surface area (Å²) in [5.74, 6) is 0.671. The second kappa shape index (κ2) is 5.02. The topological polar surface area (TPSA) is 35.9 Å². The Morgan fingerprint density at radius 2 is 2.11 bits per heavy atom. The van der Waals surface area contributed by atoms with E-state index in [1.54, 1.807) is 6.21 Å². The standard InChI is InChI=1S/C13H15N3OS/c17-13-16(14-8-10-18-13)15-9-4-3-6-11-5-1-2-7-12(11)15/h1-2,5,7-8H,3-4,6,9-10H2. The highest BCUT2D eigenvalue weighted by atomic mass is 32.2. The Hall–Kier alpha value is -1.49. The van der Waals surface area contributed by atoms with Gasteiger partial charge in [-0.2, -0.15) is 5.10 Å². The number of nitrogens with zero attached hydrogens (tertiary/aromatic N) is 3. The first-order chi connectivity index (χ1) is 8.86. The quantitative estimate of drug-likeness (QED) is 0.780. The number of carbonyl (C=O) groups is 1. The maximum atomic E-state index is 11.9. The molecule has 1 amide bonds.